The van der Waals surface area contributed by atoms with Crippen molar-refractivity contribution in [2.45, 2.75) is 19.9 Å². The molecule has 4 amide bonds. The summed E-state index contributed by atoms with van der Waals surface area (Å²) in [5.74, 6) is -3.22. The Kier molecular flexibility index (Phi) is 7.47. The molecule has 0 saturated carbocycles. The standard InChI is InChI=1S/C14H16Cl2N4O4/c1-7(2)18-13(23)14(24)20-19-11(21)6-17-12(22)9-4-3-8(15)5-10(9)16/h3-5,7H,6H2,1-2H3,(H,17,22)(H,18,23)(H,19,21)(H,20,24). The van der Waals surface area contributed by atoms with E-state index in [-0.39, 0.29) is 16.6 Å². The summed E-state index contributed by atoms with van der Waals surface area (Å²) in [5.41, 5.74) is 4.07. The molecule has 0 unspecified atom stereocenters. The van der Waals surface area contributed by atoms with Crippen molar-refractivity contribution in [3.8, 4) is 0 Å². The molecule has 24 heavy (non-hydrogen) atoms. The first-order valence-electron chi connectivity index (χ1n) is 6.83. The minimum Gasteiger partial charge on any atom is -0.346 e. The van der Waals surface area contributed by atoms with Crippen molar-refractivity contribution in [1.82, 2.24) is 21.5 Å². The molecular weight excluding hydrogens is 359 g/mol. The van der Waals surface area contributed by atoms with Crippen molar-refractivity contribution < 1.29 is 19.2 Å². The molecule has 1 aromatic rings. The van der Waals surface area contributed by atoms with Crippen molar-refractivity contribution in [2.24, 2.45) is 0 Å². The van der Waals surface area contributed by atoms with Crippen molar-refractivity contribution in [3.63, 3.8) is 0 Å². The number of hydrogen-bond donors (Lipinski definition) is 4. The number of halogens is 2. The first-order chi connectivity index (χ1) is 11.2. The Morgan fingerprint density at radius 2 is 1.71 bits per heavy atom. The lowest BCUT2D eigenvalue weighted by molar-refractivity contribution is -0.141. The number of hydrogen-bond acceptors (Lipinski definition) is 4. The smallest absolute Gasteiger partial charge is 0.327 e. The zero-order chi connectivity index (χ0) is 18.3. The lowest BCUT2D eigenvalue weighted by Gasteiger charge is -2.10. The van der Waals surface area contributed by atoms with E-state index in [2.05, 4.69) is 10.6 Å². The van der Waals surface area contributed by atoms with Crippen molar-refractivity contribution >= 4 is 46.8 Å². The molecule has 1 rings (SSSR count). The number of carbonyl (C=O) groups excluding carboxylic acids is 4. The maximum Gasteiger partial charge on any atom is 0.327 e. The Bertz CT molecular complexity index is 664. The minimum atomic E-state index is -1.02. The molecule has 0 aliphatic carbocycles. The summed E-state index contributed by atoms with van der Waals surface area (Å²) in [4.78, 5) is 46.1. The predicted molar refractivity (Wildman–Crippen MR) is 88.4 cm³/mol. The van der Waals surface area contributed by atoms with Crippen LogP contribution in [0, 0.1) is 0 Å². The summed E-state index contributed by atoms with van der Waals surface area (Å²) in [6, 6.07) is 4.07. The van der Waals surface area contributed by atoms with E-state index in [9.17, 15) is 19.2 Å². The number of carbonyl (C=O) groups is 4. The summed E-state index contributed by atoms with van der Waals surface area (Å²) < 4.78 is 0. The Morgan fingerprint density at radius 1 is 1.04 bits per heavy atom. The van der Waals surface area contributed by atoms with Crippen LogP contribution in [0.1, 0.15) is 24.2 Å². The molecule has 0 aromatic heterocycles. The Balaban J connectivity index is 2.42. The fourth-order valence-corrected chi connectivity index (χ4v) is 1.98. The van der Waals surface area contributed by atoms with Gasteiger partial charge in [0.15, 0.2) is 0 Å². The molecule has 130 valence electrons. The highest BCUT2D eigenvalue weighted by molar-refractivity contribution is 6.37. The molecule has 10 heteroatoms. The summed E-state index contributed by atoms with van der Waals surface area (Å²) in [7, 11) is 0. The van der Waals surface area contributed by atoms with Gasteiger partial charge in [0.2, 0.25) is 0 Å². The van der Waals surface area contributed by atoms with Gasteiger partial charge in [0.1, 0.15) is 0 Å². The highest BCUT2D eigenvalue weighted by Crippen LogP contribution is 2.20. The van der Waals surface area contributed by atoms with Crippen LogP contribution in [0.5, 0.6) is 0 Å². The summed E-state index contributed by atoms with van der Waals surface area (Å²) in [6.45, 7) is 2.94. The zero-order valence-electron chi connectivity index (χ0n) is 12.9. The second-order valence-corrected chi connectivity index (χ2v) is 5.78. The normalized spacial score (nSPS) is 10.0. The third-order valence-electron chi connectivity index (χ3n) is 2.53. The van der Waals surface area contributed by atoms with Gasteiger partial charge in [-0.25, -0.2) is 0 Å². The third kappa shape index (κ3) is 6.43. The Hall–Kier alpha value is -2.32. The summed E-state index contributed by atoms with van der Waals surface area (Å²) in [6.07, 6.45) is 0. The van der Waals surface area contributed by atoms with Gasteiger partial charge in [-0.3, -0.25) is 30.0 Å². The number of hydrazine groups is 1. The molecule has 0 heterocycles. The predicted octanol–water partition coefficient (Wildman–Crippen LogP) is 0.395. The van der Waals surface area contributed by atoms with Gasteiger partial charge in [-0.1, -0.05) is 23.2 Å². The van der Waals surface area contributed by atoms with Crippen LogP contribution >= 0.6 is 23.2 Å². The van der Waals surface area contributed by atoms with E-state index in [0.717, 1.165) is 0 Å². The molecule has 0 bridgehead atoms. The maximum atomic E-state index is 11.9. The highest BCUT2D eigenvalue weighted by Gasteiger charge is 2.16. The molecule has 0 aliphatic heterocycles. The van der Waals surface area contributed by atoms with Crippen LogP contribution in [0.15, 0.2) is 18.2 Å². The first kappa shape index (κ1) is 19.7. The van der Waals surface area contributed by atoms with Crippen LogP contribution in [-0.4, -0.2) is 36.2 Å². The summed E-state index contributed by atoms with van der Waals surface area (Å²) >= 11 is 11.6. The van der Waals surface area contributed by atoms with Gasteiger partial charge in [0.25, 0.3) is 11.8 Å². The first-order valence-corrected chi connectivity index (χ1v) is 7.59. The van der Waals surface area contributed by atoms with Crippen LogP contribution < -0.4 is 21.5 Å². The molecule has 0 radical (unpaired) electrons. The largest absolute Gasteiger partial charge is 0.346 e. The number of amides is 4. The van der Waals surface area contributed by atoms with E-state index in [0.29, 0.717) is 5.02 Å². The van der Waals surface area contributed by atoms with Gasteiger partial charge in [0.05, 0.1) is 17.1 Å². The number of nitrogens with one attached hydrogen (secondary N) is 4. The lowest BCUT2D eigenvalue weighted by Crippen LogP contribution is -2.51. The SMILES string of the molecule is CC(C)NC(=O)C(=O)NNC(=O)CNC(=O)c1ccc(Cl)cc1Cl. The topological polar surface area (TPSA) is 116 Å². The molecule has 8 nitrogen and oxygen atoms in total. The molecule has 0 spiro atoms. The van der Waals surface area contributed by atoms with Crippen LogP contribution in [0.2, 0.25) is 10.0 Å². The average Bonchev–Trinajstić information content (AvgIpc) is 2.49. The van der Waals surface area contributed by atoms with E-state index in [1.54, 1.807) is 13.8 Å². The van der Waals surface area contributed by atoms with Gasteiger partial charge < -0.3 is 10.6 Å². The van der Waals surface area contributed by atoms with Crippen molar-refractivity contribution in [1.29, 1.82) is 0 Å². The van der Waals surface area contributed by atoms with E-state index >= 15 is 0 Å². The molecular formula is C14H16Cl2N4O4. The van der Waals surface area contributed by atoms with Crippen LogP contribution in [-0.2, 0) is 14.4 Å². The fourth-order valence-electron chi connectivity index (χ4n) is 1.48. The van der Waals surface area contributed by atoms with Crippen molar-refractivity contribution in [3.05, 3.63) is 33.8 Å². The molecule has 4 N–H and O–H groups in total. The third-order valence-corrected chi connectivity index (χ3v) is 3.07. The van der Waals surface area contributed by atoms with E-state index in [4.69, 9.17) is 23.2 Å². The number of rotatable bonds is 4. The number of benzene rings is 1. The monoisotopic (exact) mass is 374 g/mol. The molecule has 1 aromatic carbocycles. The Morgan fingerprint density at radius 3 is 2.29 bits per heavy atom. The second-order valence-electron chi connectivity index (χ2n) is 4.94. The maximum absolute atomic E-state index is 11.9. The quantitative estimate of drug-likeness (QED) is 0.450. The zero-order valence-corrected chi connectivity index (χ0v) is 14.4. The van der Waals surface area contributed by atoms with Crippen molar-refractivity contribution in [2.75, 3.05) is 6.54 Å². The van der Waals surface area contributed by atoms with E-state index < -0.39 is 30.2 Å². The van der Waals surface area contributed by atoms with Crippen LogP contribution in [0.25, 0.3) is 0 Å². The van der Waals surface area contributed by atoms with Gasteiger partial charge in [-0.2, -0.15) is 0 Å². The van der Waals surface area contributed by atoms with E-state index in [1.807, 2.05) is 10.9 Å². The second kappa shape index (κ2) is 9.09. The van der Waals surface area contributed by atoms with Crippen LogP contribution in [0.4, 0.5) is 0 Å². The van der Waals surface area contributed by atoms with Gasteiger partial charge in [0, 0.05) is 11.1 Å². The average molecular weight is 375 g/mol. The van der Waals surface area contributed by atoms with Crippen LogP contribution in [0.3, 0.4) is 0 Å². The summed E-state index contributed by atoms with van der Waals surface area (Å²) in [5, 5.41) is 5.18. The minimum absolute atomic E-state index is 0.138. The Labute approximate surface area is 148 Å². The highest BCUT2D eigenvalue weighted by atomic mass is 35.5. The van der Waals surface area contributed by atoms with Gasteiger partial charge >= 0.3 is 11.8 Å². The fraction of sp³-hybridized carbons (Fsp3) is 0.286. The lowest BCUT2D eigenvalue weighted by atomic mass is 10.2. The molecule has 0 fully saturated rings. The van der Waals surface area contributed by atoms with Gasteiger partial charge in [-0.15, -0.1) is 0 Å². The molecule has 0 saturated heterocycles. The van der Waals surface area contributed by atoms with E-state index in [1.165, 1.54) is 18.2 Å². The van der Waals surface area contributed by atoms with Gasteiger partial charge in [-0.05, 0) is 32.0 Å². The molecule has 0 atom stereocenters. The molecule has 0 aliphatic rings.